The first-order valence-corrected chi connectivity index (χ1v) is 11.3. The first kappa shape index (κ1) is 22.4. The predicted molar refractivity (Wildman–Crippen MR) is 103 cm³/mol. The Labute approximate surface area is 165 Å². The highest BCUT2D eigenvalue weighted by molar-refractivity contribution is 7.93. The molecule has 1 aliphatic carbocycles. The second-order valence-corrected chi connectivity index (χ2v) is 12.4. The monoisotopic (exact) mass is 431 g/mol. The van der Waals surface area contributed by atoms with E-state index in [-0.39, 0.29) is 18.4 Å². The average molecular weight is 432 g/mol. The van der Waals surface area contributed by atoms with Gasteiger partial charge in [-0.15, -0.1) is 0 Å². The van der Waals surface area contributed by atoms with Crippen molar-refractivity contribution in [3.63, 3.8) is 0 Å². The topological polar surface area (TPSA) is 130 Å². The highest BCUT2D eigenvalue weighted by Crippen LogP contribution is 2.45. The summed E-state index contributed by atoms with van der Waals surface area (Å²) >= 11 is 0. The van der Waals surface area contributed by atoms with Crippen LogP contribution < -0.4 is 4.72 Å². The van der Waals surface area contributed by atoms with Gasteiger partial charge in [-0.3, -0.25) is 10.1 Å². The van der Waals surface area contributed by atoms with E-state index in [2.05, 4.69) is 4.72 Å². The summed E-state index contributed by atoms with van der Waals surface area (Å²) in [5.41, 5.74) is -2.47. The van der Waals surface area contributed by atoms with Gasteiger partial charge in [0.05, 0.1) is 38.0 Å². The van der Waals surface area contributed by atoms with Gasteiger partial charge in [-0.2, -0.15) is 5.26 Å². The first-order chi connectivity index (χ1) is 12.7. The van der Waals surface area contributed by atoms with E-state index in [1.165, 1.54) is 6.92 Å². The van der Waals surface area contributed by atoms with Crippen LogP contribution >= 0.6 is 0 Å². The maximum atomic E-state index is 14.6. The van der Waals surface area contributed by atoms with Crippen molar-refractivity contribution < 1.29 is 21.9 Å². The summed E-state index contributed by atoms with van der Waals surface area (Å²) in [4.78, 5) is 10.4. The van der Waals surface area contributed by atoms with E-state index in [1.807, 2.05) is 0 Å². The quantitative estimate of drug-likeness (QED) is 0.521. The number of halogens is 1. The average Bonchev–Trinajstić information content (AvgIpc) is 3.35. The van der Waals surface area contributed by atoms with Crippen molar-refractivity contribution in [3.8, 4) is 6.07 Å². The number of hydrogen-bond donors (Lipinski definition) is 1. The van der Waals surface area contributed by atoms with Crippen LogP contribution in [0.2, 0.25) is 0 Å². The van der Waals surface area contributed by atoms with Crippen molar-refractivity contribution in [2.45, 2.75) is 55.6 Å². The molecule has 11 heteroatoms. The molecule has 0 heterocycles. The van der Waals surface area contributed by atoms with E-state index < -0.39 is 58.0 Å². The van der Waals surface area contributed by atoms with Crippen molar-refractivity contribution in [2.75, 3.05) is 5.75 Å². The summed E-state index contributed by atoms with van der Waals surface area (Å²) in [6.45, 7) is 6.26. The minimum atomic E-state index is -4.04. The van der Waals surface area contributed by atoms with Gasteiger partial charge in [0.25, 0.3) is 5.69 Å². The number of sulfone groups is 1. The van der Waals surface area contributed by atoms with Gasteiger partial charge in [0.1, 0.15) is 5.82 Å². The van der Waals surface area contributed by atoms with E-state index >= 15 is 0 Å². The van der Waals surface area contributed by atoms with Crippen LogP contribution in [0.15, 0.2) is 18.2 Å². The van der Waals surface area contributed by atoms with E-state index in [1.54, 1.807) is 26.8 Å². The Morgan fingerprint density at radius 2 is 1.93 bits per heavy atom. The van der Waals surface area contributed by atoms with Crippen molar-refractivity contribution in [3.05, 3.63) is 39.7 Å². The number of nitro groups is 1. The molecule has 2 rings (SSSR count). The molecule has 0 aromatic heterocycles. The molecule has 1 aliphatic rings. The number of nitrogens with one attached hydrogen (secondary N) is 1. The summed E-state index contributed by atoms with van der Waals surface area (Å²) in [6, 6.07) is 4.57. The SMILES string of the molecule is CC(C)(C)[S@@](=O)N[C@@](C)(CS(=O)(=O)C1(C#N)CC1)c1cc([N+](=O)[O-])ccc1F. The lowest BCUT2D eigenvalue weighted by molar-refractivity contribution is -0.385. The van der Waals surface area contributed by atoms with Gasteiger partial charge in [-0.25, -0.2) is 21.7 Å². The van der Waals surface area contributed by atoms with Gasteiger partial charge in [0.2, 0.25) is 0 Å². The minimum absolute atomic E-state index is 0.168. The minimum Gasteiger partial charge on any atom is -0.258 e. The number of nitriles is 1. The molecular formula is C17H22FN3O5S2. The molecule has 1 aromatic carbocycles. The zero-order valence-electron chi connectivity index (χ0n) is 16.0. The molecule has 0 amide bonds. The summed E-state index contributed by atoms with van der Waals surface area (Å²) in [5, 5.41) is 20.4. The van der Waals surface area contributed by atoms with Gasteiger partial charge in [-0.05, 0) is 46.6 Å². The van der Waals surface area contributed by atoms with Crippen LogP contribution in [0.1, 0.15) is 46.1 Å². The van der Waals surface area contributed by atoms with Gasteiger partial charge in [0, 0.05) is 17.7 Å². The summed E-state index contributed by atoms with van der Waals surface area (Å²) in [7, 11) is -5.85. The maximum absolute atomic E-state index is 14.6. The van der Waals surface area contributed by atoms with Crippen molar-refractivity contribution in [1.82, 2.24) is 4.72 Å². The Hall–Kier alpha value is -1.90. The van der Waals surface area contributed by atoms with Crippen LogP contribution in [0.25, 0.3) is 0 Å². The van der Waals surface area contributed by atoms with Crippen LogP contribution in [0.3, 0.4) is 0 Å². The zero-order valence-corrected chi connectivity index (χ0v) is 17.6. The van der Waals surface area contributed by atoms with E-state index in [0.717, 1.165) is 18.2 Å². The normalized spacial score (nSPS) is 19.3. The smallest absolute Gasteiger partial charge is 0.258 e. The molecule has 0 saturated heterocycles. The summed E-state index contributed by atoms with van der Waals surface area (Å²) in [5.74, 6) is -1.60. The van der Waals surface area contributed by atoms with E-state index in [9.17, 15) is 32.4 Å². The summed E-state index contributed by atoms with van der Waals surface area (Å²) in [6.07, 6.45) is 0.337. The fourth-order valence-electron chi connectivity index (χ4n) is 2.69. The molecule has 0 aliphatic heterocycles. The molecule has 1 aromatic rings. The molecule has 1 fully saturated rings. The maximum Gasteiger partial charge on any atom is 0.269 e. The molecule has 2 atom stereocenters. The Morgan fingerprint density at radius 3 is 2.36 bits per heavy atom. The Kier molecular flexibility index (Phi) is 5.73. The highest BCUT2D eigenvalue weighted by Gasteiger charge is 2.57. The molecule has 0 spiro atoms. The lowest BCUT2D eigenvalue weighted by Crippen LogP contribution is -2.51. The Morgan fingerprint density at radius 1 is 1.36 bits per heavy atom. The Bertz CT molecular complexity index is 977. The van der Waals surface area contributed by atoms with Crippen molar-refractivity contribution in [1.29, 1.82) is 5.26 Å². The number of nitrogens with zero attached hydrogens (tertiary/aromatic N) is 2. The van der Waals surface area contributed by atoms with Crippen LogP contribution in [0.4, 0.5) is 10.1 Å². The molecule has 0 bridgehead atoms. The van der Waals surface area contributed by atoms with Crippen molar-refractivity contribution in [2.24, 2.45) is 0 Å². The summed E-state index contributed by atoms with van der Waals surface area (Å²) < 4.78 is 53.4. The third kappa shape index (κ3) is 4.24. The van der Waals surface area contributed by atoms with Crippen molar-refractivity contribution >= 4 is 26.5 Å². The van der Waals surface area contributed by atoms with Gasteiger partial charge in [-0.1, -0.05) is 0 Å². The largest absolute Gasteiger partial charge is 0.269 e. The fourth-order valence-corrected chi connectivity index (χ4v) is 5.81. The molecule has 154 valence electrons. The lowest BCUT2D eigenvalue weighted by Gasteiger charge is -2.34. The number of hydrogen-bond acceptors (Lipinski definition) is 6. The number of benzene rings is 1. The second-order valence-electron chi connectivity index (χ2n) is 8.10. The van der Waals surface area contributed by atoms with E-state index in [4.69, 9.17) is 0 Å². The molecule has 8 nitrogen and oxygen atoms in total. The second kappa shape index (κ2) is 7.17. The highest BCUT2D eigenvalue weighted by atomic mass is 32.2. The van der Waals surface area contributed by atoms with Gasteiger partial charge in [0.15, 0.2) is 14.6 Å². The van der Waals surface area contributed by atoms with Crippen LogP contribution in [-0.2, 0) is 26.4 Å². The molecule has 28 heavy (non-hydrogen) atoms. The Balaban J connectivity index is 2.61. The van der Waals surface area contributed by atoms with Gasteiger partial charge < -0.3 is 0 Å². The fraction of sp³-hybridized carbons (Fsp3) is 0.588. The first-order valence-electron chi connectivity index (χ1n) is 8.45. The molecular weight excluding hydrogens is 409 g/mol. The van der Waals surface area contributed by atoms with Gasteiger partial charge >= 0.3 is 0 Å². The predicted octanol–water partition coefficient (Wildman–Crippen LogP) is 2.47. The van der Waals surface area contributed by atoms with E-state index in [0.29, 0.717) is 0 Å². The number of rotatable bonds is 7. The molecule has 0 radical (unpaired) electrons. The van der Waals surface area contributed by atoms with Crippen LogP contribution in [0.5, 0.6) is 0 Å². The molecule has 0 unspecified atom stereocenters. The number of non-ortho nitro benzene ring substituents is 1. The molecule has 1 saturated carbocycles. The lowest BCUT2D eigenvalue weighted by atomic mass is 9.94. The molecule has 1 N–H and O–H groups in total. The third-order valence-corrected chi connectivity index (χ3v) is 9.01. The third-order valence-electron chi connectivity index (χ3n) is 4.61. The van der Waals surface area contributed by atoms with Crippen LogP contribution in [0, 0.1) is 27.3 Å². The zero-order chi connectivity index (χ0) is 21.5. The van der Waals surface area contributed by atoms with Crippen LogP contribution in [-0.4, -0.2) is 32.8 Å². The standard InChI is InChI=1S/C17H22FN3O5S2/c1-15(2,3)27(24)20-16(4,11-28(25,26)17(10-19)7-8-17)13-9-12(21(22)23)5-6-14(13)18/h5-6,9,20H,7-8,11H2,1-4H3/t16-,27+/m0/s1. The number of nitro benzene ring substituents is 1.